The molecule has 152 valence electrons. The summed E-state index contributed by atoms with van der Waals surface area (Å²) in [6.07, 6.45) is 5.18. The molecule has 1 aromatic rings. The molecule has 0 aliphatic carbocycles. The lowest BCUT2D eigenvalue weighted by molar-refractivity contribution is 0.236. The van der Waals surface area contributed by atoms with Crippen LogP contribution in [-0.4, -0.2) is 62.6 Å². The number of hydrogen-bond donors (Lipinski definition) is 1. The van der Waals surface area contributed by atoms with Gasteiger partial charge in [0.25, 0.3) is 0 Å². The molecule has 3 rings (SSSR count). The van der Waals surface area contributed by atoms with Crippen molar-refractivity contribution in [1.82, 2.24) is 15.1 Å². The van der Waals surface area contributed by atoms with Crippen molar-refractivity contribution in [2.45, 2.75) is 38.6 Å². The summed E-state index contributed by atoms with van der Waals surface area (Å²) in [6.45, 7) is 7.81. The number of methoxy groups -OCH3 is 1. The Hall–Kier alpha value is -1.02. The van der Waals surface area contributed by atoms with E-state index < -0.39 is 0 Å². The molecule has 6 heteroatoms. The second-order valence-corrected chi connectivity index (χ2v) is 7.65. The van der Waals surface area contributed by atoms with E-state index in [1.54, 1.807) is 7.11 Å². The fourth-order valence-electron chi connectivity index (χ4n) is 4.24. The van der Waals surface area contributed by atoms with Gasteiger partial charge in [-0.3, -0.25) is 9.89 Å². The maximum absolute atomic E-state index is 5.32. The van der Waals surface area contributed by atoms with E-state index in [0.717, 1.165) is 37.3 Å². The van der Waals surface area contributed by atoms with E-state index in [1.165, 1.54) is 44.3 Å². The third-order valence-electron chi connectivity index (χ3n) is 5.70. The Morgan fingerprint density at radius 1 is 1.19 bits per heavy atom. The van der Waals surface area contributed by atoms with Crippen LogP contribution in [0.1, 0.15) is 44.2 Å². The summed E-state index contributed by atoms with van der Waals surface area (Å²) in [5, 5.41) is 3.67. The van der Waals surface area contributed by atoms with E-state index >= 15 is 0 Å². The largest absolute Gasteiger partial charge is 0.497 e. The third kappa shape index (κ3) is 5.98. The van der Waals surface area contributed by atoms with Crippen LogP contribution in [0.15, 0.2) is 29.3 Å². The first-order valence-electron chi connectivity index (χ1n) is 10.0. The molecule has 0 radical (unpaired) electrons. The van der Waals surface area contributed by atoms with Crippen molar-refractivity contribution in [3.63, 3.8) is 0 Å². The van der Waals surface area contributed by atoms with Gasteiger partial charge in [0.1, 0.15) is 5.75 Å². The van der Waals surface area contributed by atoms with Crippen molar-refractivity contribution in [2.75, 3.05) is 46.9 Å². The maximum Gasteiger partial charge on any atom is 0.193 e. The van der Waals surface area contributed by atoms with Crippen molar-refractivity contribution in [1.29, 1.82) is 0 Å². The van der Waals surface area contributed by atoms with E-state index in [1.807, 2.05) is 7.05 Å². The lowest BCUT2D eigenvalue weighted by Crippen LogP contribution is -2.48. The average Bonchev–Trinajstić information content (AvgIpc) is 3.20. The van der Waals surface area contributed by atoms with Gasteiger partial charge in [-0.05, 0) is 62.4 Å². The van der Waals surface area contributed by atoms with Crippen molar-refractivity contribution < 1.29 is 4.74 Å². The zero-order chi connectivity index (χ0) is 18.4. The Kier molecular flexibility index (Phi) is 9.15. The minimum Gasteiger partial charge on any atom is -0.497 e. The van der Waals surface area contributed by atoms with Crippen LogP contribution in [0, 0.1) is 5.92 Å². The number of benzene rings is 1. The molecule has 2 unspecified atom stereocenters. The van der Waals surface area contributed by atoms with Crippen molar-refractivity contribution in [3.05, 3.63) is 29.8 Å². The van der Waals surface area contributed by atoms with Gasteiger partial charge in [0.15, 0.2) is 5.96 Å². The molecule has 1 aromatic carbocycles. The summed E-state index contributed by atoms with van der Waals surface area (Å²) in [5.74, 6) is 2.72. The van der Waals surface area contributed by atoms with E-state index in [4.69, 9.17) is 4.74 Å². The SMILES string of the molecule is CN=C(NCC(c1ccc(OC)cc1)N1CCCC1)N1CCCC(C)C1.I. The van der Waals surface area contributed by atoms with Gasteiger partial charge in [-0.15, -0.1) is 24.0 Å². The Morgan fingerprint density at radius 2 is 1.89 bits per heavy atom. The molecule has 0 bridgehead atoms. The number of nitrogens with one attached hydrogen (secondary N) is 1. The molecule has 2 saturated heterocycles. The number of ether oxygens (including phenoxy) is 1. The molecule has 2 atom stereocenters. The monoisotopic (exact) mass is 486 g/mol. The van der Waals surface area contributed by atoms with Crippen LogP contribution in [0.2, 0.25) is 0 Å². The first-order chi connectivity index (χ1) is 12.7. The molecule has 1 N–H and O–H groups in total. The summed E-state index contributed by atoms with van der Waals surface area (Å²) < 4.78 is 5.32. The number of piperidine rings is 1. The highest BCUT2D eigenvalue weighted by Gasteiger charge is 2.25. The summed E-state index contributed by atoms with van der Waals surface area (Å²) in [6, 6.07) is 8.92. The fourth-order valence-corrected chi connectivity index (χ4v) is 4.24. The number of halogens is 1. The van der Waals surface area contributed by atoms with Gasteiger partial charge >= 0.3 is 0 Å². The van der Waals surface area contributed by atoms with Crippen LogP contribution in [0.25, 0.3) is 0 Å². The number of guanidine groups is 1. The Labute approximate surface area is 181 Å². The standard InChI is InChI=1S/C21H34N4O.HI/c1-17-7-6-14-25(16-17)21(22-2)23-15-20(24-12-4-5-13-24)18-8-10-19(26-3)11-9-18;/h8-11,17,20H,4-7,12-16H2,1-3H3,(H,22,23);1H. The number of rotatable bonds is 5. The van der Waals surface area contributed by atoms with Crippen molar-refractivity contribution >= 4 is 29.9 Å². The minimum absolute atomic E-state index is 0. The van der Waals surface area contributed by atoms with Crippen LogP contribution < -0.4 is 10.1 Å². The smallest absolute Gasteiger partial charge is 0.193 e. The molecule has 0 spiro atoms. The molecular formula is C21H35IN4O. The van der Waals surface area contributed by atoms with E-state index in [9.17, 15) is 0 Å². The number of likely N-dealkylation sites (tertiary alicyclic amines) is 2. The molecule has 2 aliphatic heterocycles. The third-order valence-corrected chi connectivity index (χ3v) is 5.70. The van der Waals surface area contributed by atoms with Crippen LogP contribution in [-0.2, 0) is 0 Å². The Balaban J connectivity index is 0.00000261. The van der Waals surface area contributed by atoms with Gasteiger partial charge in [0, 0.05) is 26.7 Å². The van der Waals surface area contributed by atoms with Gasteiger partial charge in [-0.1, -0.05) is 19.1 Å². The van der Waals surface area contributed by atoms with Crippen LogP contribution >= 0.6 is 24.0 Å². The summed E-state index contributed by atoms with van der Waals surface area (Å²) in [4.78, 5) is 9.58. The van der Waals surface area contributed by atoms with Gasteiger partial charge in [-0.25, -0.2) is 0 Å². The predicted octanol–water partition coefficient (Wildman–Crippen LogP) is 3.76. The van der Waals surface area contributed by atoms with Crippen molar-refractivity contribution in [3.8, 4) is 5.75 Å². The highest BCUT2D eigenvalue weighted by atomic mass is 127. The van der Waals surface area contributed by atoms with Crippen LogP contribution in [0.4, 0.5) is 0 Å². The molecule has 5 nitrogen and oxygen atoms in total. The summed E-state index contributed by atoms with van der Waals surface area (Å²) in [5.41, 5.74) is 1.35. The number of aliphatic imine (C=N–C) groups is 1. The van der Waals surface area contributed by atoms with Gasteiger partial charge in [0.05, 0.1) is 13.2 Å². The summed E-state index contributed by atoms with van der Waals surface area (Å²) >= 11 is 0. The number of hydrogen-bond acceptors (Lipinski definition) is 3. The van der Waals surface area contributed by atoms with Gasteiger partial charge < -0.3 is 15.0 Å². The lowest BCUT2D eigenvalue weighted by Gasteiger charge is -2.35. The Bertz CT molecular complexity index is 586. The van der Waals surface area contributed by atoms with Gasteiger partial charge in [0.2, 0.25) is 0 Å². The summed E-state index contributed by atoms with van der Waals surface area (Å²) in [7, 11) is 3.62. The van der Waals surface area contributed by atoms with E-state index in [0.29, 0.717) is 6.04 Å². The van der Waals surface area contributed by atoms with Crippen LogP contribution in [0.5, 0.6) is 5.75 Å². The van der Waals surface area contributed by atoms with Crippen LogP contribution in [0.3, 0.4) is 0 Å². The second-order valence-electron chi connectivity index (χ2n) is 7.65. The molecule has 2 fully saturated rings. The molecular weight excluding hydrogens is 451 g/mol. The zero-order valence-electron chi connectivity index (χ0n) is 17.0. The second kappa shape index (κ2) is 11.1. The fraction of sp³-hybridized carbons (Fsp3) is 0.667. The topological polar surface area (TPSA) is 40.1 Å². The average molecular weight is 486 g/mol. The van der Waals surface area contributed by atoms with Crippen molar-refractivity contribution in [2.24, 2.45) is 10.9 Å². The molecule has 2 aliphatic rings. The zero-order valence-corrected chi connectivity index (χ0v) is 19.3. The minimum atomic E-state index is 0. The lowest BCUT2D eigenvalue weighted by atomic mass is 10.0. The van der Waals surface area contributed by atoms with E-state index in [2.05, 4.69) is 51.3 Å². The highest BCUT2D eigenvalue weighted by Crippen LogP contribution is 2.26. The normalized spacial score (nSPS) is 22.3. The first kappa shape index (κ1) is 22.3. The number of nitrogens with zero attached hydrogens (tertiary/aromatic N) is 3. The quantitative estimate of drug-likeness (QED) is 0.391. The first-order valence-corrected chi connectivity index (χ1v) is 10.0. The maximum atomic E-state index is 5.32. The predicted molar refractivity (Wildman–Crippen MR) is 123 cm³/mol. The molecule has 0 aromatic heterocycles. The van der Waals surface area contributed by atoms with E-state index in [-0.39, 0.29) is 24.0 Å². The highest BCUT2D eigenvalue weighted by molar-refractivity contribution is 14.0. The Morgan fingerprint density at radius 3 is 2.48 bits per heavy atom. The van der Waals surface area contributed by atoms with Gasteiger partial charge in [-0.2, -0.15) is 0 Å². The molecule has 2 heterocycles. The molecule has 27 heavy (non-hydrogen) atoms. The molecule has 0 saturated carbocycles. The molecule has 0 amide bonds.